The van der Waals surface area contributed by atoms with Crippen LogP contribution in [0.1, 0.15) is 43.9 Å². The molecule has 1 N–H and O–H groups in total. The van der Waals surface area contributed by atoms with Crippen molar-refractivity contribution in [3.63, 3.8) is 0 Å². The molecular weight excluding hydrogens is 552 g/mol. The fraction of sp³-hybridized carbons (Fsp3) is 0.457. The molecule has 3 aliphatic heterocycles. The molecule has 0 spiro atoms. The Kier molecular flexibility index (Phi) is 7.13. The van der Waals surface area contributed by atoms with E-state index in [9.17, 15) is 14.9 Å². The lowest BCUT2D eigenvalue weighted by Crippen LogP contribution is -2.46. The van der Waals surface area contributed by atoms with Crippen LogP contribution in [0, 0.1) is 15.5 Å². The molecule has 1 aliphatic carbocycles. The molecule has 230 valence electrons. The van der Waals surface area contributed by atoms with E-state index < -0.39 is 6.04 Å². The van der Waals surface area contributed by atoms with E-state index in [0.29, 0.717) is 12.1 Å². The van der Waals surface area contributed by atoms with Crippen LogP contribution in [0.15, 0.2) is 54.1 Å². The molecule has 2 saturated heterocycles. The summed E-state index contributed by atoms with van der Waals surface area (Å²) in [5.41, 5.74) is 6.34. The zero-order chi connectivity index (χ0) is 30.7. The van der Waals surface area contributed by atoms with Crippen LogP contribution in [0.5, 0.6) is 0 Å². The standard InChI is InChI=1S/C35H42N6O3/c1-35(2)21-26-32-24-8-6-5-7-23(24)9-10-27(32)36-34(33(26)31(42)22-35)25-19-30(41(43)44)29(40-17-13-38(4)14-18-40)20-28(25)39-15-11-37(3)12-16-39/h5-10,19-20,34,36H,11-18,21-22H2,1-4H3/t34-/m1/s1. The minimum atomic E-state index is -0.475. The fourth-order valence-electron chi connectivity index (χ4n) is 7.65. The van der Waals surface area contributed by atoms with Gasteiger partial charge in [-0.2, -0.15) is 0 Å². The maximum atomic E-state index is 14.2. The summed E-state index contributed by atoms with van der Waals surface area (Å²) in [5.74, 6) is 0.127. The highest BCUT2D eigenvalue weighted by molar-refractivity contribution is 6.13. The SMILES string of the molecule is CN1CCN(c2cc(N3CCN(C)CC3)c([N+](=O)[O-])cc2[C@H]2Nc3ccc4ccccc4c3C3=C2C(=O)CC(C)(C)C3)CC1. The number of Topliss-reactive ketones (excluding diaryl/α,β-unsaturated/α-hetero) is 1. The number of ketones is 1. The Hall–Kier alpha value is -3.95. The van der Waals surface area contributed by atoms with Gasteiger partial charge in [-0.3, -0.25) is 14.9 Å². The van der Waals surface area contributed by atoms with Crippen molar-refractivity contribution in [2.24, 2.45) is 5.41 Å². The molecule has 9 heteroatoms. The predicted molar refractivity (Wildman–Crippen MR) is 178 cm³/mol. The van der Waals surface area contributed by atoms with Gasteiger partial charge in [-0.25, -0.2) is 0 Å². The Morgan fingerprint density at radius 1 is 0.841 bits per heavy atom. The number of benzene rings is 3. The van der Waals surface area contributed by atoms with E-state index in [1.54, 1.807) is 6.07 Å². The van der Waals surface area contributed by atoms with E-state index in [0.717, 1.165) is 103 Å². The number of allylic oxidation sites excluding steroid dienone is 1. The van der Waals surface area contributed by atoms with Crippen molar-refractivity contribution in [1.29, 1.82) is 0 Å². The zero-order valence-corrected chi connectivity index (χ0v) is 26.2. The molecule has 0 unspecified atom stereocenters. The van der Waals surface area contributed by atoms with Gasteiger partial charge in [0.05, 0.1) is 11.0 Å². The monoisotopic (exact) mass is 594 g/mol. The molecule has 9 nitrogen and oxygen atoms in total. The largest absolute Gasteiger partial charge is 0.373 e. The Morgan fingerprint density at radius 2 is 1.48 bits per heavy atom. The zero-order valence-electron chi connectivity index (χ0n) is 26.2. The van der Waals surface area contributed by atoms with Gasteiger partial charge in [0, 0.05) is 92.9 Å². The van der Waals surface area contributed by atoms with E-state index in [1.807, 2.05) is 6.07 Å². The summed E-state index contributed by atoms with van der Waals surface area (Å²) in [6, 6.07) is 15.9. The molecule has 4 aliphatic rings. The molecule has 3 aromatic carbocycles. The highest BCUT2D eigenvalue weighted by Gasteiger charge is 2.42. The second kappa shape index (κ2) is 10.9. The van der Waals surface area contributed by atoms with Crippen LogP contribution in [0.25, 0.3) is 16.3 Å². The molecule has 7 rings (SSSR count). The van der Waals surface area contributed by atoms with Crippen molar-refractivity contribution in [3.05, 3.63) is 75.3 Å². The van der Waals surface area contributed by atoms with E-state index >= 15 is 0 Å². The first-order chi connectivity index (χ1) is 21.1. The molecule has 0 bridgehead atoms. The van der Waals surface area contributed by atoms with Crippen molar-refractivity contribution < 1.29 is 9.72 Å². The number of nitro groups is 1. The van der Waals surface area contributed by atoms with Gasteiger partial charge in [-0.05, 0) is 54.4 Å². The Bertz CT molecular complexity index is 1680. The number of nitrogens with one attached hydrogen (secondary N) is 1. The Labute approximate surface area is 259 Å². The van der Waals surface area contributed by atoms with E-state index in [1.165, 1.54) is 0 Å². The summed E-state index contributed by atoms with van der Waals surface area (Å²) in [5, 5.41) is 18.8. The topological polar surface area (TPSA) is 85.2 Å². The van der Waals surface area contributed by atoms with Crippen LogP contribution < -0.4 is 15.1 Å². The Morgan fingerprint density at radius 3 is 2.14 bits per heavy atom. The lowest BCUT2D eigenvalue weighted by atomic mass is 9.67. The summed E-state index contributed by atoms with van der Waals surface area (Å²) in [6.45, 7) is 11.0. The van der Waals surface area contributed by atoms with Gasteiger partial charge in [0.25, 0.3) is 5.69 Å². The van der Waals surface area contributed by atoms with Crippen LogP contribution in [-0.4, -0.2) is 87.0 Å². The van der Waals surface area contributed by atoms with Gasteiger partial charge in [-0.15, -0.1) is 0 Å². The minimum Gasteiger partial charge on any atom is -0.373 e. The molecule has 0 amide bonds. The number of hydrogen-bond donors (Lipinski definition) is 1. The summed E-state index contributed by atoms with van der Waals surface area (Å²) in [7, 11) is 4.22. The molecule has 0 saturated carbocycles. The van der Waals surface area contributed by atoms with Gasteiger partial charge in [0.1, 0.15) is 5.69 Å². The first-order valence-corrected chi connectivity index (χ1v) is 15.8. The average molecular weight is 595 g/mol. The second-order valence-corrected chi connectivity index (χ2v) is 13.9. The van der Waals surface area contributed by atoms with Crippen LogP contribution >= 0.6 is 0 Å². The van der Waals surface area contributed by atoms with Gasteiger partial charge >= 0.3 is 0 Å². The number of anilines is 3. The van der Waals surface area contributed by atoms with Gasteiger partial charge < -0.3 is 24.9 Å². The fourth-order valence-corrected chi connectivity index (χ4v) is 7.65. The quantitative estimate of drug-likeness (QED) is 0.311. The van der Waals surface area contributed by atoms with Crippen molar-refractivity contribution in [2.75, 3.05) is 81.6 Å². The lowest BCUT2D eigenvalue weighted by molar-refractivity contribution is -0.384. The number of fused-ring (bicyclic) bond motifs is 4. The summed E-state index contributed by atoms with van der Waals surface area (Å²) in [6.07, 6.45) is 1.23. The number of carbonyl (C=O) groups excluding carboxylic acids is 1. The summed E-state index contributed by atoms with van der Waals surface area (Å²) in [4.78, 5) is 35.8. The molecule has 2 fully saturated rings. The number of carbonyl (C=O) groups is 1. The number of likely N-dealkylation sites (N-methyl/N-ethyl adjacent to an activating group) is 2. The molecule has 3 heterocycles. The molecule has 1 atom stereocenters. The lowest BCUT2D eigenvalue weighted by Gasteiger charge is -2.42. The van der Waals surface area contributed by atoms with Gasteiger partial charge in [-0.1, -0.05) is 44.2 Å². The van der Waals surface area contributed by atoms with E-state index in [4.69, 9.17) is 0 Å². The smallest absolute Gasteiger partial charge is 0.293 e. The number of rotatable bonds is 4. The van der Waals surface area contributed by atoms with Gasteiger partial charge in [0.2, 0.25) is 0 Å². The normalized spacial score (nSPS) is 22.5. The van der Waals surface area contributed by atoms with Crippen LogP contribution in [0.2, 0.25) is 0 Å². The van der Waals surface area contributed by atoms with E-state index in [-0.39, 0.29) is 21.8 Å². The number of nitro benzene ring substituents is 1. The first-order valence-electron chi connectivity index (χ1n) is 15.8. The average Bonchev–Trinajstić information content (AvgIpc) is 3.00. The van der Waals surface area contributed by atoms with Crippen molar-refractivity contribution in [2.45, 2.75) is 32.7 Å². The molecule has 3 aromatic rings. The van der Waals surface area contributed by atoms with E-state index in [2.05, 4.69) is 89.3 Å². The second-order valence-electron chi connectivity index (χ2n) is 13.9. The van der Waals surface area contributed by atoms with Crippen LogP contribution in [0.4, 0.5) is 22.7 Å². The molecule has 44 heavy (non-hydrogen) atoms. The van der Waals surface area contributed by atoms with Crippen molar-refractivity contribution in [1.82, 2.24) is 9.80 Å². The number of hydrogen-bond acceptors (Lipinski definition) is 8. The maximum absolute atomic E-state index is 14.2. The molecule has 0 aromatic heterocycles. The number of piperazine rings is 2. The predicted octanol–water partition coefficient (Wildman–Crippen LogP) is 5.56. The third kappa shape index (κ3) is 5.02. The minimum absolute atomic E-state index is 0.110. The third-order valence-electron chi connectivity index (χ3n) is 10.1. The first kappa shape index (κ1) is 28.8. The highest BCUT2D eigenvalue weighted by Crippen LogP contribution is 2.54. The molecule has 0 radical (unpaired) electrons. The third-order valence-corrected chi connectivity index (χ3v) is 10.1. The van der Waals surface area contributed by atoms with Crippen molar-refractivity contribution in [3.8, 4) is 0 Å². The highest BCUT2D eigenvalue weighted by atomic mass is 16.6. The maximum Gasteiger partial charge on any atom is 0.293 e. The van der Waals surface area contributed by atoms with Gasteiger partial charge in [0.15, 0.2) is 5.78 Å². The van der Waals surface area contributed by atoms with Crippen LogP contribution in [-0.2, 0) is 4.79 Å². The van der Waals surface area contributed by atoms with Crippen molar-refractivity contribution >= 4 is 44.9 Å². The van der Waals surface area contributed by atoms with Crippen LogP contribution in [0.3, 0.4) is 0 Å². The Balaban J connectivity index is 1.45. The summed E-state index contributed by atoms with van der Waals surface area (Å²) >= 11 is 0. The number of nitrogens with zero attached hydrogens (tertiary/aromatic N) is 5. The molecular formula is C35H42N6O3. The summed E-state index contributed by atoms with van der Waals surface area (Å²) < 4.78 is 0.